The maximum absolute atomic E-state index is 5.43. The summed E-state index contributed by atoms with van der Waals surface area (Å²) in [6.07, 6.45) is 1.10. The van der Waals surface area contributed by atoms with Crippen molar-refractivity contribution in [3.8, 4) is 17.2 Å². The molecule has 116 valence electrons. The SMILES string of the molecule is COc1cc(CN2CCc3ccccc32)cc(OC)c1OC. The van der Waals surface area contributed by atoms with Gasteiger partial charge >= 0.3 is 0 Å². The molecule has 1 aliphatic rings. The van der Waals surface area contributed by atoms with E-state index in [4.69, 9.17) is 14.2 Å². The summed E-state index contributed by atoms with van der Waals surface area (Å²) in [7, 11) is 4.91. The molecule has 4 nitrogen and oxygen atoms in total. The van der Waals surface area contributed by atoms with Crippen molar-refractivity contribution < 1.29 is 14.2 Å². The van der Waals surface area contributed by atoms with Crippen molar-refractivity contribution in [2.45, 2.75) is 13.0 Å². The van der Waals surface area contributed by atoms with Crippen LogP contribution in [0.1, 0.15) is 11.1 Å². The standard InChI is InChI=1S/C18H21NO3/c1-20-16-10-13(11-17(21-2)18(16)22-3)12-19-9-8-14-6-4-5-7-15(14)19/h4-7,10-11H,8-9,12H2,1-3H3. The highest BCUT2D eigenvalue weighted by Crippen LogP contribution is 2.39. The average molecular weight is 299 g/mol. The molecule has 0 atom stereocenters. The number of hydrogen-bond donors (Lipinski definition) is 0. The van der Waals surface area contributed by atoms with E-state index in [-0.39, 0.29) is 0 Å². The molecule has 4 heteroatoms. The molecule has 0 spiro atoms. The second kappa shape index (κ2) is 6.18. The molecule has 0 radical (unpaired) electrons. The van der Waals surface area contributed by atoms with Crippen LogP contribution < -0.4 is 19.1 Å². The predicted molar refractivity (Wildman–Crippen MR) is 87.3 cm³/mol. The lowest BCUT2D eigenvalue weighted by Crippen LogP contribution is -2.19. The molecule has 0 N–H and O–H groups in total. The van der Waals surface area contributed by atoms with Crippen LogP contribution in [0.3, 0.4) is 0 Å². The normalized spacial score (nSPS) is 13.0. The molecule has 0 unspecified atom stereocenters. The van der Waals surface area contributed by atoms with E-state index < -0.39 is 0 Å². The maximum atomic E-state index is 5.43. The number of para-hydroxylation sites is 1. The van der Waals surface area contributed by atoms with Gasteiger partial charge in [-0.3, -0.25) is 0 Å². The molecule has 1 heterocycles. The predicted octanol–water partition coefficient (Wildman–Crippen LogP) is 3.28. The fraction of sp³-hybridized carbons (Fsp3) is 0.333. The van der Waals surface area contributed by atoms with Crippen LogP contribution in [-0.4, -0.2) is 27.9 Å². The van der Waals surface area contributed by atoms with Crippen molar-refractivity contribution >= 4 is 5.69 Å². The zero-order valence-corrected chi connectivity index (χ0v) is 13.3. The lowest BCUT2D eigenvalue weighted by Gasteiger charge is -2.21. The summed E-state index contributed by atoms with van der Waals surface area (Å²) in [6, 6.07) is 12.6. The Morgan fingerprint density at radius 2 is 1.64 bits per heavy atom. The topological polar surface area (TPSA) is 30.9 Å². The Morgan fingerprint density at radius 3 is 2.27 bits per heavy atom. The molecule has 1 aliphatic heterocycles. The first-order chi connectivity index (χ1) is 10.8. The summed E-state index contributed by atoms with van der Waals surface area (Å²) in [5.74, 6) is 2.03. The largest absolute Gasteiger partial charge is 0.493 e. The lowest BCUT2D eigenvalue weighted by atomic mass is 10.1. The number of ether oxygens (including phenoxy) is 3. The van der Waals surface area contributed by atoms with Gasteiger partial charge in [-0.25, -0.2) is 0 Å². The molecule has 0 amide bonds. The van der Waals surface area contributed by atoms with E-state index in [9.17, 15) is 0 Å². The quantitative estimate of drug-likeness (QED) is 0.848. The van der Waals surface area contributed by atoms with E-state index in [1.807, 2.05) is 12.1 Å². The van der Waals surface area contributed by atoms with Gasteiger partial charge in [-0.2, -0.15) is 0 Å². The van der Waals surface area contributed by atoms with Crippen molar-refractivity contribution in [2.24, 2.45) is 0 Å². The van der Waals surface area contributed by atoms with Crippen LogP contribution >= 0.6 is 0 Å². The Balaban J connectivity index is 1.90. The second-order valence-corrected chi connectivity index (χ2v) is 5.33. The van der Waals surface area contributed by atoms with E-state index in [1.54, 1.807) is 21.3 Å². The van der Waals surface area contributed by atoms with Crippen LogP contribution in [0.4, 0.5) is 5.69 Å². The lowest BCUT2D eigenvalue weighted by molar-refractivity contribution is 0.324. The number of methoxy groups -OCH3 is 3. The number of nitrogens with zero attached hydrogens (tertiary/aromatic N) is 1. The summed E-state index contributed by atoms with van der Waals surface area (Å²) < 4.78 is 16.2. The van der Waals surface area contributed by atoms with E-state index >= 15 is 0 Å². The van der Waals surface area contributed by atoms with Gasteiger partial charge in [-0.15, -0.1) is 0 Å². The number of hydrogen-bond acceptors (Lipinski definition) is 4. The highest BCUT2D eigenvalue weighted by Gasteiger charge is 2.20. The molecule has 0 aliphatic carbocycles. The van der Waals surface area contributed by atoms with E-state index in [1.165, 1.54) is 11.3 Å². The molecule has 0 bridgehead atoms. The maximum Gasteiger partial charge on any atom is 0.203 e. The number of fused-ring (bicyclic) bond motifs is 1. The van der Waals surface area contributed by atoms with Crippen LogP contribution in [0.15, 0.2) is 36.4 Å². The number of anilines is 1. The van der Waals surface area contributed by atoms with Gasteiger partial charge in [0, 0.05) is 18.8 Å². The van der Waals surface area contributed by atoms with Gasteiger partial charge in [0.15, 0.2) is 11.5 Å². The molecular formula is C18H21NO3. The zero-order valence-electron chi connectivity index (χ0n) is 13.3. The Labute approximate surface area is 131 Å². The van der Waals surface area contributed by atoms with Crippen molar-refractivity contribution in [1.29, 1.82) is 0 Å². The van der Waals surface area contributed by atoms with Crippen molar-refractivity contribution in [3.63, 3.8) is 0 Å². The first-order valence-electron chi connectivity index (χ1n) is 7.38. The minimum atomic E-state index is 0.635. The van der Waals surface area contributed by atoms with Crippen molar-refractivity contribution in [1.82, 2.24) is 0 Å². The highest BCUT2D eigenvalue weighted by atomic mass is 16.5. The first kappa shape index (κ1) is 14.6. The van der Waals surface area contributed by atoms with Crippen molar-refractivity contribution in [3.05, 3.63) is 47.5 Å². The third kappa shape index (κ3) is 2.56. The summed E-state index contributed by atoms with van der Waals surface area (Å²) in [5, 5.41) is 0. The molecule has 3 rings (SSSR count). The molecule has 2 aromatic carbocycles. The third-order valence-corrected chi connectivity index (χ3v) is 4.08. The van der Waals surface area contributed by atoms with E-state index in [2.05, 4.69) is 29.2 Å². The zero-order chi connectivity index (χ0) is 15.5. The van der Waals surface area contributed by atoms with E-state index in [0.29, 0.717) is 17.2 Å². The fourth-order valence-electron chi connectivity index (χ4n) is 3.02. The Kier molecular flexibility index (Phi) is 4.09. The van der Waals surface area contributed by atoms with Gasteiger partial charge in [0.2, 0.25) is 5.75 Å². The Bertz CT molecular complexity index is 644. The summed E-state index contributed by atoms with van der Waals surface area (Å²) in [4.78, 5) is 2.38. The highest BCUT2D eigenvalue weighted by molar-refractivity contribution is 5.59. The van der Waals surface area contributed by atoms with E-state index in [0.717, 1.165) is 25.1 Å². The number of rotatable bonds is 5. The van der Waals surface area contributed by atoms with Crippen LogP contribution in [0, 0.1) is 0 Å². The van der Waals surface area contributed by atoms with Gasteiger partial charge in [-0.1, -0.05) is 18.2 Å². The van der Waals surface area contributed by atoms with Crippen molar-refractivity contribution in [2.75, 3.05) is 32.8 Å². The molecule has 0 fully saturated rings. The molecule has 0 aromatic heterocycles. The van der Waals surface area contributed by atoms with Gasteiger partial charge in [0.1, 0.15) is 0 Å². The second-order valence-electron chi connectivity index (χ2n) is 5.33. The Morgan fingerprint density at radius 1 is 0.955 bits per heavy atom. The fourth-order valence-corrected chi connectivity index (χ4v) is 3.02. The Hall–Kier alpha value is -2.36. The minimum absolute atomic E-state index is 0.635. The van der Waals surface area contributed by atoms with Gasteiger partial charge in [-0.05, 0) is 35.7 Å². The van der Waals surface area contributed by atoms with Gasteiger partial charge in [0.05, 0.1) is 21.3 Å². The molecule has 0 saturated carbocycles. The minimum Gasteiger partial charge on any atom is -0.493 e. The van der Waals surface area contributed by atoms with Crippen LogP contribution in [0.5, 0.6) is 17.2 Å². The molecule has 0 saturated heterocycles. The summed E-state index contributed by atoms with van der Waals surface area (Å²) in [5.41, 5.74) is 3.87. The third-order valence-electron chi connectivity index (χ3n) is 4.08. The monoisotopic (exact) mass is 299 g/mol. The van der Waals surface area contributed by atoms with Crippen LogP contribution in [0.2, 0.25) is 0 Å². The number of benzene rings is 2. The average Bonchev–Trinajstić information content (AvgIpc) is 2.97. The molecule has 2 aromatic rings. The van der Waals surface area contributed by atoms with Crippen LogP contribution in [0.25, 0.3) is 0 Å². The van der Waals surface area contributed by atoms with Crippen LogP contribution in [-0.2, 0) is 13.0 Å². The molecular weight excluding hydrogens is 278 g/mol. The summed E-state index contributed by atoms with van der Waals surface area (Å²) >= 11 is 0. The smallest absolute Gasteiger partial charge is 0.203 e. The molecule has 22 heavy (non-hydrogen) atoms. The summed E-state index contributed by atoms with van der Waals surface area (Å²) in [6.45, 7) is 1.86. The first-order valence-corrected chi connectivity index (χ1v) is 7.38. The van der Waals surface area contributed by atoms with Gasteiger partial charge in [0.25, 0.3) is 0 Å². The van der Waals surface area contributed by atoms with Gasteiger partial charge < -0.3 is 19.1 Å².